The number of halogens is 1. The van der Waals surface area contributed by atoms with Crippen LogP contribution in [-0.2, 0) is 12.8 Å². The molecule has 2 aromatic heterocycles. The number of aromatic nitrogens is 2. The summed E-state index contributed by atoms with van der Waals surface area (Å²) in [5.74, 6) is 0.378. The Morgan fingerprint density at radius 1 is 1.16 bits per heavy atom. The molecular formula is C14H12FN3O. The third-order valence-corrected chi connectivity index (χ3v) is 2.85. The molecule has 0 amide bonds. The van der Waals surface area contributed by atoms with Gasteiger partial charge < -0.3 is 10.2 Å². The molecule has 0 unspecified atom stereocenters. The molecule has 3 aromatic rings. The monoisotopic (exact) mass is 257 g/mol. The van der Waals surface area contributed by atoms with Crippen molar-refractivity contribution in [3.8, 4) is 0 Å². The fourth-order valence-corrected chi connectivity index (χ4v) is 1.89. The summed E-state index contributed by atoms with van der Waals surface area (Å²) in [7, 11) is 0. The fourth-order valence-electron chi connectivity index (χ4n) is 1.89. The van der Waals surface area contributed by atoms with Gasteiger partial charge >= 0.3 is 0 Å². The number of anilines is 1. The largest absolute Gasteiger partial charge is 0.439 e. The quantitative estimate of drug-likeness (QED) is 0.783. The van der Waals surface area contributed by atoms with E-state index >= 15 is 0 Å². The van der Waals surface area contributed by atoms with Crippen LogP contribution in [0.2, 0.25) is 0 Å². The first-order valence-electron chi connectivity index (χ1n) is 5.96. The van der Waals surface area contributed by atoms with Gasteiger partial charge in [-0.3, -0.25) is 0 Å². The van der Waals surface area contributed by atoms with Crippen LogP contribution in [0, 0.1) is 5.82 Å². The Bertz CT molecular complexity index is 706. The van der Waals surface area contributed by atoms with Crippen molar-refractivity contribution in [1.29, 1.82) is 0 Å². The summed E-state index contributed by atoms with van der Waals surface area (Å²) in [4.78, 5) is 8.37. The molecule has 0 aliphatic carbocycles. The minimum atomic E-state index is -0.231. The molecule has 2 heterocycles. The molecule has 0 atom stereocenters. The van der Waals surface area contributed by atoms with Crippen molar-refractivity contribution in [2.45, 2.75) is 12.8 Å². The van der Waals surface area contributed by atoms with Gasteiger partial charge in [-0.15, -0.1) is 0 Å². The fraction of sp³-hybridized carbons (Fsp3) is 0.143. The summed E-state index contributed by atoms with van der Waals surface area (Å²) >= 11 is 0. The molecule has 4 nitrogen and oxygen atoms in total. The van der Waals surface area contributed by atoms with E-state index in [1.165, 1.54) is 12.1 Å². The average molecular weight is 257 g/mol. The van der Waals surface area contributed by atoms with Crippen molar-refractivity contribution in [2.75, 3.05) is 5.73 Å². The van der Waals surface area contributed by atoms with E-state index in [0.29, 0.717) is 29.2 Å². The predicted octanol–water partition coefficient (Wildman–Crippen LogP) is 2.73. The predicted molar refractivity (Wildman–Crippen MR) is 70.0 cm³/mol. The maximum Gasteiger partial charge on any atom is 0.198 e. The second kappa shape index (κ2) is 4.68. The first-order valence-corrected chi connectivity index (χ1v) is 5.96. The van der Waals surface area contributed by atoms with Crippen molar-refractivity contribution in [1.82, 2.24) is 9.97 Å². The van der Waals surface area contributed by atoms with Gasteiger partial charge in [0, 0.05) is 12.5 Å². The number of nitrogen functional groups attached to an aromatic ring is 1. The van der Waals surface area contributed by atoms with Gasteiger partial charge in [0.05, 0.1) is 11.9 Å². The number of nitrogens with two attached hydrogens (primary N) is 1. The first kappa shape index (κ1) is 11.6. The molecule has 2 N–H and O–H groups in total. The Labute approximate surface area is 109 Å². The van der Waals surface area contributed by atoms with Gasteiger partial charge in [-0.1, -0.05) is 12.1 Å². The number of hydrogen-bond donors (Lipinski definition) is 1. The van der Waals surface area contributed by atoms with Crippen LogP contribution in [-0.4, -0.2) is 9.97 Å². The van der Waals surface area contributed by atoms with Crippen LogP contribution in [0.5, 0.6) is 0 Å². The second-order valence-electron chi connectivity index (χ2n) is 4.32. The van der Waals surface area contributed by atoms with Gasteiger partial charge in [0.25, 0.3) is 0 Å². The Kier molecular flexibility index (Phi) is 2.87. The Morgan fingerprint density at radius 3 is 2.74 bits per heavy atom. The number of pyridine rings is 1. The highest BCUT2D eigenvalue weighted by Crippen LogP contribution is 2.17. The van der Waals surface area contributed by atoms with E-state index in [1.807, 2.05) is 0 Å². The summed E-state index contributed by atoms with van der Waals surface area (Å²) in [6, 6.07) is 8.12. The number of nitrogens with zero attached hydrogens (tertiary/aromatic N) is 2. The standard InChI is InChI=1S/C14H12FN3O/c15-10-4-1-9(2-5-10)3-6-13-18-14-12(19-13)7-11(16)8-17-14/h1-2,4-5,7-8H,3,6,16H2. The lowest BCUT2D eigenvalue weighted by Gasteiger charge is -1.97. The van der Waals surface area contributed by atoms with Crippen LogP contribution < -0.4 is 5.73 Å². The molecule has 0 aliphatic rings. The lowest BCUT2D eigenvalue weighted by Crippen LogP contribution is -1.91. The molecular weight excluding hydrogens is 245 g/mol. The van der Waals surface area contributed by atoms with E-state index in [4.69, 9.17) is 10.2 Å². The van der Waals surface area contributed by atoms with Crippen LogP contribution in [0.4, 0.5) is 10.1 Å². The van der Waals surface area contributed by atoms with E-state index in [2.05, 4.69) is 9.97 Å². The average Bonchev–Trinajstić information content (AvgIpc) is 2.80. The highest BCUT2D eigenvalue weighted by atomic mass is 19.1. The van der Waals surface area contributed by atoms with Crippen LogP contribution in [0.1, 0.15) is 11.5 Å². The Hall–Kier alpha value is -2.43. The summed E-state index contributed by atoms with van der Waals surface area (Å²) in [5.41, 5.74) is 8.36. The maximum absolute atomic E-state index is 12.8. The maximum atomic E-state index is 12.8. The highest BCUT2D eigenvalue weighted by molar-refractivity contribution is 5.71. The molecule has 0 fully saturated rings. The molecule has 96 valence electrons. The lowest BCUT2D eigenvalue weighted by atomic mass is 10.1. The molecule has 0 bridgehead atoms. The van der Waals surface area contributed by atoms with E-state index in [-0.39, 0.29) is 5.82 Å². The van der Waals surface area contributed by atoms with E-state index in [1.54, 1.807) is 24.4 Å². The number of benzene rings is 1. The number of oxazole rings is 1. The van der Waals surface area contributed by atoms with Crippen molar-refractivity contribution >= 4 is 16.9 Å². The minimum Gasteiger partial charge on any atom is -0.439 e. The van der Waals surface area contributed by atoms with Gasteiger partial charge in [-0.25, -0.2) is 9.37 Å². The normalized spacial score (nSPS) is 11.0. The van der Waals surface area contributed by atoms with Gasteiger partial charge in [0.2, 0.25) is 0 Å². The third kappa shape index (κ3) is 2.54. The first-order chi connectivity index (χ1) is 9.20. The van der Waals surface area contributed by atoms with Crippen LogP contribution in [0.15, 0.2) is 40.9 Å². The van der Waals surface area contributed by atoms with Gasteiger partial charge in [-0.05, 0) is 24.1 Å². The van der Waals surface area contributed by atoms with Crippen molar-refractivity contribution in [3.05, 3.63) is 53.8 Å². The molecule has 0 radical (unpaired) electrons. The number of rotatable bonds is 3. The van der Waals surface area contributed by atoms with Gasteiger partial charge in [-0.2, -0.15) is 4.98 Å². The van der Waals surface area contributed by atoms with Crippen LogP contribution in [0.25, 0.3) is 11.2 Å². The molecule has 5 heteroatoms. The number of fused-ring (bicyclic) bond motifs is 1. The molecule has 0 saturated carbocycles. The van der Waals surface area contributed by atoms with Crippen LogP contribution >= 0.6 is 0 Å². The Morgan fingerprint density at radius 2 is 1.95 bits per heavy atom. The van der Waals surface area contributed by atoms with E-state index < -0.39 is 0 Å². The summed E-state index contributed by atoms with van der Waals surface area (Å²) in [5, 5.41) is 0. The third-order valence-electron chi connectivity index (χ3n) is 2.85. The smallest absolute Gasteiger partial charge is 0.198 e. The zero-order valence-electron chi connectivity index (χ0n) is 10.1. The van der Waals surface area contributed by atoms with Crippen molar-refractivity contribution in [3.63, 3.8) is 0 Å². The van der Waals surface area contributed by atoms with Gasteiger partial charge in [0.15, 0.2) is 17.1 Å². The summed E-state index contributed by atoms with van der Waals surface area (Å²) < 4.78 is 18.3. The molecule has 19 heavy (non-hydrogen) atoms. The van der Waals surface area contributed by atoms with E-state index in [9.17, 15) is 4.39 Å². The minimum absolute atomic E-state index is 0.231. The highest BCUT2D eigenvalue weighted by Gasteiger charge is 2.07. The van der Waals surface area contributed by atoms with Crippen molar-refractivity contribution in [2.24, 2.45) is 0 Å². The zero-order valence-corrected chi connectivity index (χ0v) is 10.1. The SMILES string of the molecule is Nc1cnc2nc(CCc3ccc(F)cc3)oc2c1. The molecule has 0 saturated heterocycles. The molecule has 0 spiro atoms. The summed E-state index contributed by atoms with van der Waals surface area (Å²) in [6.45, 7) is 0. The topological polar surface area (TPSA) is 64.9 Å². The van der Waals surface area contributed by atoms with Crippen LogP contribution in [0.3, 0.4) is 0 Å². The summed E-state index contributed by atoms with van der Waals surface area (Å²) in [6.07, 6.45) is 2.93. The van der Waals surface area contributed by atoms with Crippen molar-refractivity contribution < 1.29 is 8.81 Å². The Balaban J connectivity index is 1.76. The second-order valence-corrected chi connectivity index (χ2v) is 4.32. The molecule has 1 aromatic carbocycles. The van der Waals surface area contributed by atoms with Gasteiger partial charge in [0.1, 0.15) is 5.82 Å². The number of hydrogen-bond acceptors (Lipinski definition) is 4. The molecule has 3 rings (SSSR count). The van der Waals surface area contributed by atoms with E-state index in [0.717, 1.165) is 12.0 Å². The lowest BCUT2D eigenvalue weighted by molar-refractivity contribution is 0.528. The molecule has 0 aliphatic heterocycles. The number of aryl methyl sites for hydroxylation is 2. The zero-order chi connectivity index (χ0) is 13.2.